The minimum Gasteiger partial charge on any atom is -0.384 e. The second kappa shape index (κ2) is 5.18. The highest BCUT2D eigenvalue weighted by Crippen LogP contribution is 2.19. The van der Waals surface area contributed by atoms with E-state index in [0.717, 1.165) is 28.6 Å². The van der Waals surface area contributed by atoms with Crippen molar-refractivity contribution in [3.63, 3.8) is 0 Å². The van der Waals surface area contributed by atoms with Crippen LogP contribution in [0.15, 0.2) is 18.5 Å². The van der Waals surface area contributed by atoms with Gasteiger partial charge in [-0.3, -0.25) is 4.68 Å². The van der Waals surface area contributed by atoms with Crippen molar-refractivity contribution < 1.29 is 0 Å². The monoisotopic (exact) mass is 249 g/mol. The first kappa shape index (κ1) is 11.9. The molecule has 0 aromatic carbocycles. The van der Waals surface area contributed by atoms with Crippen molar-refractivity contribution in [3.05, 3.63) is 24.3 Å². The predicted octanol–water partition coefficient (Wildman–Crippen LogP) is 1.71. The minimum absolute atomic E-state index is 0.505. The first-order valence-electron chi connectivity index (χ1n) is 5.39. The Balaban J connectivity index is 2.31. The molecule has 90 valence electrons. The number of rotatable bonds is 4. The van der Waals surface area contributed by atoms with Gasteiger partial charge in [-0.25, -0.2) is 9.97 Å². The zero-order chi connectivity index (χ0) is 12.3. The van der Waals surface area contributed by atoms with Gasteiger partial charge in [-0.05, 0) is 5.75 Å². The Bertz CT molecular complexity index is 508. The lowest BCUT2D eigenvalue weighted by molar-refractivity contribution is 0.768. The van der Waals surface area contributed by atoms with E-state index in [2.05, 4.69) is 22.0 Å². The largest absolute Gasteiger partial charge is 0.384 e. The third kappa shape index (κ3) is 2.97. The lowest BCUT2D eigenvalue weighted by Crippen LogP contribution is -2.00. The molecule has 5 nitrogen and oxygen atoms in total. The molecule has 0 atom stereocenters. The number of hydrogen-bond donors (Lipinski definition) is 1. The smallest absolute Gasteiger partial charge is 0.141 e. The third-order valence-electron chi connectivity index (χ3n) is 2.23. The molecule has 0 aliphatic carbocycles. The van der Waals surface area contributed by atoms with Crippen LogP contribution in [0, 0.1) is 0 Å². The molecular weight excluding hydrogens is 234 g/mol. The summed E-state index contributed by atoms with van der Waals surface area (Å²) in [5.41, 5.74) is 7.58. The van der Waals surface area contributed by atoms with Crippen LogP contribution in [-0.2, 0) is 12.8 Å². The van der Waals surface area contributed by atoms with Crippen LogP contribution in [0.25, 0.3) is 11.3 Å². The van der Waals surface area contributed by atoms with E-state index in [0.29, 0.717) is 5.82 Å². The third-order valence-corrected chi connectivity index (χ3v) is 3.10. The Labute approximate surface area is 104 Å². The van der Waals surface area contributed by atoms with E-state index in [1.165, 1.54) is 0 Å². The van der Waals surface area contributed by atoms with Gasteiger partial charge < -0.3 is 5.73 Å². The van der Waals surface area contributed by atoms with Gasteiger partial charge in [0, 0.05) is 24.9 Å². The van der Waals surface area contributed by atoms with Crippen molar-refractivity contribution in [1.82, 2.24) is 19.7 Å². The summed E-state index contributed by atoms with van der Waals surface area (Å²) in [6, 6.07) is 1.77. The number of nitrogens with two attached hydrogens (primary N) is 1. The fourth-order valence-corrected chi connectivity index (χ4v) is 1.99. The highest BCUT2D eigenvalue weighted by Gasteiger charge is 2.06. The quantitative estimate of drug-likeness (QED) is 0.893. The number of nitrogens with zero attached hydrogens (tertiary/aromatic N) is 4. The zero-order valence-electron chi connectivity index (χ0n) is 9.92. The van der Waals surface area contributed by atoms with Gasteiger partial charge in [-0.15, -0.1) is 0 Å². The summed E-state index contributed by atoms with van der Waals surface area (Å²) < 4.78 is 1.74. The lowest BCUT2D eigenvalue weighted by Gasteiger charge is -2.03. The van der Waals surface area contributed by atoms with Gasteiger partial charge in [-0.1, -0.05) is 6.92 Å². The Kier molecular flexibility index (Phi) is 3.63. The van der Waals surface area contributed by atoms with Crippen LogP contribution in [-0.4, -0.2) is 25.5 Å². The highest BCUT2D eigenvalue weighted by molar-refractivity contribution is 7.98. The molecule has 0 saturated carbocycles. The van der Waals surface area contributed by atoms with Crippen LogP contribution < -0.4 is 5.73 Å². The van der Waals surface area contributed by atoms with E-state index >= 15 is 0 Å². The topological polar surface area (TPSA) is 69.6 Å². The Morgan fingerprint density at radius 2 is 2.24 bits per heavy atom. The van der Waals surface area contributed by atoms with Crippen molar-refractivity contribution in [2.45, 2.75) is 12.7 Å². The van der Waals surface area contributed by atoms with Gasteiger partial charge in [-0.2, -0.15) is 16.9 Å². The molecule has 0 aliphatic rings. The predicted molar refractivity (Wildman–Crippen MR) is 70.5 cm³/mol. The fraction of sp³-hybridized carbons (Fsp3) is 0.364. The maximum atomic E-state index is 5.79. The van der Waals surface area contributed by atoms with Gasteiger partial charge in [0.2, 0.25) is 0 Å². The minimum atomic E-state index is 0.505. The molecule has 0 saturated heterocycles. The number of hydrogen-bond acceptors (Lipinski definition) is 5. The molecule has 0 unspecified atom stereocenters. The molecular formula is C11H15N5S. The standard InChI is InChI=1S/C11H15N5S/c1-3-17-7-11-14-9(4-10(12)15-11)8-5-13-16(2)6-8/h4-6H,3,7H2,1-2H3,(H2,12,14,15). The second-order valence-corrected chi connectivity index (χ2v) is 4.91. The summed E-state index contributed by atoms with van der Waals surface area (Å²) in [4.78, 5) is 8.71. The van der Waals surface area contributed by atoms with Crippen LogP contribution in [0.3, 0.4) is 0 Å². The summed E-state index contributed by atoms with van der Waals surface area (Å²) in [6.07, 6.45) is 3.69. The molecule has 2 aromatic heterocycles. The van der Waals surface area contributed by atoms with Gasteiger partial charge in [0.25, 0.3) is 0 Å². The molecule has 6 heteroatoms. The van der Waals surface area contributed by atoms with Crippen LogP contribution in [0.1, 0.15) is 12.7 Å². The molecule has 0 fully saturated rings. The average Bonchev–Trinajstić information content (AvgIpc) is 2.72. The van der Waals surface area contributed by atoms with Gasteiger partial charge in [0.1, 0.15) is 11.6 Å². The van der Waals surface area contributed by atoms with Crippen LogP contribution in [0.2, 0.25) is 0 Å². The van der Waals surface area contributed by atoms with Gasteiger partial charge >= 0.3 is 0 Å². The summed E-state index contributed by atoms with van der Waals surface area (Å²) in [5, 5.41) is 4.12. The maximum Gasteiger partial charge on any atom is 0.141 e. The summed E-state index contributed by atoms with van der Waals surface area (Å²) in [5.74, 6) is 3.11. The summed E-state index contributed by atoms with van der Waals surface area (Å²) in [7, 11) is 1.88. The van der Waals surface area contributed by atoms with Crippen molar-refractivity contribution in [2.24, 2.45) is 7.05 Å². The van der Waals surface area contributed by atoms with E-state index in [-0.39, 0.29) is 0 Å². The molecule has 17 heavy (non-hydrogen) atoms. The van der Waals surface area contributed by atoms with Crippen molar-refractivity contribution in [3.8, 4) is 11.3 Å². The second-order valence-electron chi connectivity index (χ2n) is 3.63. The number of thioether (sulfide) groups is 1. The number of anilines is 1. The Hall–Kier alpha value is -1.56. The van der Waals surface area contributed by atoms with E-state index in [9.17, 15) is 0 Å². The molecule has 0 amide bonds. The molecule has 2 aromatic rings. The molecule has 0 aliphatic heterocycles. The Morgan fingerprint density at radius 3 is 2.88 bits per heavy atom. The van der Waals surface area contributed by atoms with E-state index in [1.54, 1.807) is 28.7 Å². The molecule has 0 bridgehead atoms. The van der Waals surface area contributed by atoms with Gasteiger partial charge in [0.15, 0.2) is 0 Å². The summed E-state index contributed by atoms with van der Waals surface area (Å²) in [6.45, 7) is 2.11. The number of nitrogen functional groups attached to an aromatic ring is 1. The Morgan fingerprint density at radius 1 is 1.41 bits per heavy atom. The van der Waals surface area contributed by atoms with Crippen LogP contribution in [0.4, 0.5) is 5.82 Å². The van der Waals surface area contributed by atoms with Crippen LogP contribution in [0.5, 0.6) is 0 Å². The normalized spacial score (nSPS) is 10.7. The first-order chi connectivity index (χ1) is 8.19. The molecule has 2 heterocycles. The zero-order valence-corrected chi connectivity index (χ0v) is 10.7. The van der Waals surface area contributed by atoms with Gasteiger partial charge in [0.05, 0.1) is 17.6 Å². The van der Waals surface area contributed by atoms with E-state index in [4.69, 9.17) is 5.73 Å². The van der Waals surface area contributed by atoms with Crippen molar-refractivity contribution in [1.29, 1.82) is 0 Å². The van der Waals surface area contributed by atoms with E-state index in [1.807, 2.05) is 13.2 Å². The first-order valence-corrected chi connectivity index (χ1v) is 6.54. The molecule has 0 radical (unpaired) electrons. The summed E-state index contributed by atoms with van der Waals surface area (Å²) >= 11 is 1.78. The van der Waals surface area contributed by atoms with Crippen LogP contribution >= 0.6 is 11.8 Å². The fourth-order valence-electron chi connectivity index (χ4n) is 1.48. The highest BCUT2D eigenvalue weighted by atomic mass is 32.2. The average molecular weight is 249 g/mol. The van der Waals surface area contributed by atoms with Crippen molar-refractivity contribution in [2.75, 3.05) is 11.5 Å². The van der Waals surface area contributed by atoms with Crippen molar-refractivity contribution >= 4 is 17.6 Å². The molecule has 2 rings (SSSR count). The lowest BCUT2D eigenvalue weighted by atomic mass is 10.2. The molecule has 0 spiro atoms. The number of aromatic nitrogens is 4. The van der Waals surface area contributed by atoms with E-state index < -0.39 is 0 Å². The SMILES string of the molecule is CCSCc1nc(N)cc(-c2cnn(C)c2)n1. The maximum absolute atomic E-state index is 5.79. The molecule has 2 N–H and O–H groups in total. The number of aryl methyl sites for hydroxylation is 1.